The average Bonchev–Trinajstić information content (AvgIpc) is 2.65. The van der Waals surface area contributed by atoms with Crippen molar-refractivity contribution >= 4 is 6.01 Å². The number of anilines is 1. The normalized spacial score (nSPS) is 10.8. The molecule has 0 aliphatic carbocycles. The van der Waals surface area contributed by atoms with Crippen molar-refractivity contribution in [1.82, 2.24) is 10.2 Å². The van der Waals surface area contributed by atoms with E-state index in [1.54, 1.807) is 6.07 Å². The van der Waals surface area contributed by atoms with Crippen LogP contribution in [0.25, 0.3) is 11.5 Å². The number of nitrogens with one attached hydrogen (secondary N) is 1. The van der Waals surface area contributed by atoms with E-state index in [0.717, 1.165) is 5.56 Å². The lowest BCUT2D eigenvalue weighted by Crippen LogP contribution is -2.09. The van der Waals surface area contributed by atoms with Crippen LogP contribution in [-0.4, -0.2) is 16.2 Å². The summed E-state index contributed by atoms with van der Waals surface area (Å²) in [5.41, 5.74) is 1.50. The molecule has 0 bridgehead atoms. The highest BCUT2D eigenvalue weighted by Gasteiger charge is 2.08. The topological polar surface area (TPSA) is 51.0 Å². The van der Waals surface area contributed by atoms with Crippen molar-refractivity contribution < 1.29 is 4.42 Å². The maximum absolute atomic E-state index is 5.68. The molecule has 0 spiro atoms. The molecule has 0 aliphatic rings. The molecule has 16 heavy (non-hydrogen) atoms. The number of nitrogens with zero attached hydrogens (tertiary/aromatic N) is 2. The molecule has 1 heterocycles. The first-order valence-corrected chi connectivity index (χ1v) is 5.11. The summed E-state index contributed by atoms with van der Waals surface area (Å²) in [5, 5.41) is 10.9. The van der Waals surface area contributed by atoms with Crippen molar-refractivity contribution in [2.24, 2.45) is 0 Å². The molecule has 0 aliphatic heterocycles. The van der Waals surface area contributed by atoms with Crippen LogP contribution in [0.4, 0.5) is 6.01 Å². The monoisotopic (exact) mass is 215 g/mol. The predicted molar refractivity (Wildman–Crippen MR) is 61.9 cm³/mol. The summed E-state index contributed by atoms with van der Waals surface area (Å²) in [6.45, 7) is 9.69. The van der Waals surface area contributed by atoms with E-state index in [2.05, 4.69) is 15.5 Å². The van der Waals surface area contributed by atoms with Crippen LogP contribution >= 0.6 is 0 Å². The zero-order chi connectivity index (χ0) is 11.5. The number of aromatic nitrogens is 2. The van der Waals surface area contributed by atoms with Crippen LogP contribution in [0.2, 0.25) is 0 Å². The quantitative estimate of drug-likeness (QED) is 0.855. The Morgan fingerprint density at radius 3 is 2.81 bits per heavy atom. The molecule has 2 rings (SSSR count). The molecule has 0 amide bonds. The molecular weight excluding hydrogens is 202 g/mol. The van der Waals surface area contributed by atoms with Crippen LogP contribution in [-0.2, 0) is 0 Å². The van der Waals surface area contributed by atoms with Crippen LogP contribution in [0.1, 0.15) is 19.4 Å². The van der Waals surface area contributed by atoms with Crippen LogP contribution in [0.3, 0.4) is 0 Å². The summed E-state index contributed by atoms with van der Waals surface area (Å²) in [4.78, 5) is 0. The zero-order valence-corrected chi connectivity index (χ0v) is 9.27. The molecule has 1 aromatic heterocycles. The minimum Gasteiger partial charge on any atom is -0.403 e. The number of benzene rings is 1. The smallest absolute Gasteiger partial charge is 0.315 e. The van der Waals surface area contributed by atoms with E-state index in [1.807, 2.05) is 32.0 Å². The molecule has 4 nitrogen and oxygen atoms in total. The maximum Gasteiger partial charge on any atom is 0.315 e. The van der Waals surface area contributed by atoms with E-state index in [4.69, 9.17) is 11.3 Å². The first kappa shape index (κ1) is 10.7. The highest BCUT2D eigenvalue weighted by molar-refractivity contribution is 5.55. The molecule has 0 saturated carbocycles. The summed E-state index contributed by atoms with van der Waals surface area (Å²) in [6.07, 6.45) is 0. The van der Waals surface area contributed by atoms with E-state index in [1.165, 1.54) is 0 Å². The van der Waals surface area contributed by atoms with Gasteiger partial charge in [0.25, 0.3) is 0 Å². The fraction of sp³-hybridized carbons (Fsp3) is 0.250. The van der Waals surface area contributed by atoms with Gasteiger partial charge < -0.3 is 9.73 Å². The molecule has 2 aromatic rings. The van der Waals surface area contributed by atoms with Crippen molar-refractivity contribution in [3.63, 3.8) is 0 Å². The third-order valence-corrected chi connectivity index (χ3v) is 1.97. The lowest BCUT2D eigenvalue weighted by atomic mass is 10.1. The van der Waals surface area contributed by atoms with Gasteiger partial charge in [0.05, 0.1) is 0 Å². The van der Waals surface area contributed by atoms with Crippen molar-refractivity contribution in [2.45, 2.75) is 19.9 Å². The molecule has 4 heteroatoms. The third-order valence-electron chi connectivity index (χ3n) is 1.97. The molecule has 82 valence electrons. The minimum absolute atomic E-state index is 0.258. The van der Waals surface area contributed by atoms with Crippen molar-refractivity contribution in [3.05, 3.63) is 36.8 Å². The van der Waals surface area contributed by atoms with Gasteiger partial charge in [0.1, 0.15) is 0 Å². The van der Waals surface area contributed by atoms with E-state index in [0.29, 0.717) is 17.5 Å². The fourth-order valence-corrected chi connectivity index (χ4v) is 1.32. The number of rotatable bonds is 3. The second-order valence-corrected chi connectivity index (χ2v) is 3.84. The Morgan fingerprint density at radius 1 is 1.31 bits per heavy atom. The SMILES string of the molecule is [CH]c1cccc(-c2nnc(NC(C)C)o2)c1. The number of hydrogen-bond acceptors (Lipinski definition) is 4. The van der Waals surface area contributed by atoms with Crippen LogP contribution in [0.15, 0.2) is 28.7 Å². The van der Waals surface area contributed by atoms with Gasteiger partial charge >= 0.3 is 6.01 Å². The molecule has 0 saturated heterocycles. The second-order valence-electron chi connectivity index (χ2n) is 3.84. The van der Waals surface area contributed by atoms with Gasteiger partial charge in [-0.05, 0) is 38.5 Å². The molecule has 0 unspecified atom stereocenters. The van der Waals surface area contributed by atoms with E-state index in [9.17, 15) is 0 Å². The van der Waals surface area contributed by atoms with Crippen LogP contribution in [0, 0.1) is 6.92 Å². The van der Waals surface area contributed by atoms with Gasteiger partial charge in [0, 0.05) is 11.6 Å². The Hall–Kier alpha value is -1.84. The van der Waals surface area contributed by atoms with Crippen molar-refractivity contribution in [1.29, 1.82) is 0 Å². The van der Waals surface area contributed by atoms with Crippen LogP contribution in [0.5, 0.6) is 0 Å². The lowest BCUT2D eigenvalue weighted by molar-refractivity contribution is 0.574. The molecule has 1 N–H and O–H groups in total. The zero-order valence-electron chi connectivity index (χ0n) is 9.27. The fourth-order valence-electron chi connectivity index (χ4n) is 1.32. The summed E-state index contributed by atoms with van der Waals surface area (Å²) >= 11 is 0. The van der Waals surface area contributed by atoms with Gasteiger partial charge in [-0.1, -0.05) is 17.2 Å². The third kappa shape index (κ3) is 2.39. The van der Waals surface area contributed by atoms with E-state index >= 15 is 0 Å². The standard InChI is InChI=1S/C12H13N3O/c1-8(2)13-12-15-14-11(16-12)10-6-4-5-9(3)7-10/h3-8H,1-2H3,(H,13,15). The van der Waals surface area contributed by atoms with Gasteiger partial charge in [-0.15, -0.1) is 5.10 Å². The Balaban J connectivity index is 2.24. The largest absolute Gasteiger partial charge is 0.403 e. The van der Waals surface area contributed by atoms with E-state index < -0.39 is 0 Å². The van der Waals surface area contributed by atoms with Crippen molar-refractivity contribution in [2.75, 3.05) is 5.32 Å². The van der Waals surface area contributed by atoms with Gasteiger partial charge in [-0.25, -0.2) is 0 Å². The Bertz CT molecular complexity index is 477. The van der Waals surface area contributed by atoms with Gasteiger partial charge in [0.15, 0.2) is 0 Å². The highest BCUT2D eigenvalue weighted by Crippen LogP contribution is 2.20. The van der Waals surface area contributed by atoms with Gasteiger partial charge in [0.2, 0.25) is 5.89 Å². The lowest BCUT2D eigenvalue weighted by Gasteiger charge is -2.02. The summed E-state index contributed by atoms with van der Waals surface area (Å²) in [5.74, 6) is 0.468. The first-order valence-electron chi connectivity index (χ1n) is 5.11. The van der Waals surface area contributed by atoms with Crippen LogP contribution < -0.4 is 5.32 Å². The average molecular weight is 215 g/mol. The summed E-state index contributed by atoms with van der Waals surface area (Å²) in [7, 11) is 0. The Morgan fingerprint density at radius 2 is 2.12 bits per heavy atom. The Labute approximate surface area is 94.7 Å². The van der Waals surface area contributed by atoms with E-state index in [-0.39, 0.29) is 6.04 Å². The predicted octanol–water partition coefficient (Wildman–Crippen LogP) is 2.62. The Kier molecular flexibility index (Phi) is 2.90. The maximum atomic E-state index is 5.68. The molecule has 2 radical (unpaired) electrons. The molecule has 0 fully saturated rings. The second kappa shape index (κ2) is 4.35. The number of hydrogen-bond donors (Lipinski definition) is 1. The first-order chi connectivity index (χ1) is 7.65. The summed E-state index contributed by atoms with van der Waals surface area (Å²) in [6, 6.07) is 8.02. The van der Waals surface area contributed by atoms with Gasteiger partial charge in [-0.2, -0.15) is 0 Å². The minimum atomic E-state index is 0.258. The highest BCUT2D eigenvalue weighted by atomic mass is 16.4. The molecule has 0 atom stereocenters. The molecule has 1 aromatic carbocycles. The van der Waals surface area contributed by atoms with Gasteiger partial charge in [-0.3, -0.25) is 0 Å². The van der Waals surface area contributed by atoms with Crippen molar-refractivity contribution in [3.8, 4) is 11.5 Å². The summed E-state index contributed by atoms with van der Waals surface area (Å²) < 4.78 is 5.45. The molecular formula is C12H13N3O.